The molecule has 17 heavy (non-hydrogen) atoms. The maximum Gasteiger partial charge on any atom is 0.162 e. The van der Waals surface area contributed by atoms with Gasteiger partial charge in [0.2, 0.25) is 0 Å². The van der Waals surface area contributed by atoms with Crippen molar-refractivity contribution in [3.8, 4) is 11.5 Å². The molecule has 1 unspecified atom stereocenters. The fourth-order valence-corrected chi connectivity index (χ4v) is 3.35. The third-order valence-electron chi connectivity index (χ3n) is 3.04. The van der Waals surface area contributed by atoms with Crippen molar-refractivity contribution in [3.63, 3.8) is 0 Å². The van der Waals surface area contributed by atoms with Crippen molar-refractivity contribution in [3.05, 3.63) is 18.2 Å². The first-order valence-electron chi connectivity index (χ1n) is 5.92. The van der Waals surface area contributed by atoms with E-state index in [2.05, 4.69) is 0 Å². The van der Waals surface area contributed by atoms with Gasteiger partial charge in [-0.2, -0.15) is 0 Å². The van der Waals surface area contributed by atoms with Crippen LogP contribution in [0.4, 0.5) is 0 Å². The van der Waals surface area contributed by atoms with Crippen molar-refractivity contribution in [2.45, 2.75) is 29.4 Å². The van der Waals surface area contributed by atoms with Crippen molar-refractivity contribution in [1.29, 1.82) is 0 Å². The Kier molecular flexibility index (Phi) is 2.97. The van der Waals surface area contributed by atoms with Crippen LogP contribution in [0.1, 0.15) is 19.3 Å². The molecule has 1 fully saturated rings. The molecule has 0 amide bonds. The monoisotopic (exact) mass is 250 g/mol. The summed E-state index contributed by atoms with van der Waals surface area (Å²) in [6.07, 6.45) is 2.77. The largest absolute Gasteiger partial charge is 0.486 e. The van der Waals surface area contributed by atoms with Crippen molar-refractivity contribution in [2.75, 3.05) is 13.2 Å². The molecule has 1 aliphatic heterocycles. The molecular formula is C13H14O3S. The van der Waals surface area contributed by atoms with Gasteiger partial charge in [-0.1, -0.05) is 0 Å². The Morgan fingerprint density at radius 1 is 1.18 bits per heavy atom. The van der Waals surface area contributed by atoms with E-state index >= 15 is 0 Å². The predicted molar refractivity (Wildman–Crippen MR) is 65.9 cm³/mol. The predicted octanol–water partition coefficient (Wildman–Crippen LogP) is 2.67. The van der Waals surface area contributed by atoms with Crippen LogP contribution in [0.2, 0.25) is 0 Å². The molecule has 1 aromatic rings. The second-order valence-electron chi connectivity index (χ2n) is 4.27. The average molecular weight is 250 g/mol. The first-order valence-corrected chi connectivity index (χ1v) is 6.80. The minimum atomic E-state index is 0.137. The zero-order chi connectivity index (χ0) is 11.7. The Morgan fingerprint density at radius 2 is 2.00 bits per heavy atom. The average Bonchev–Trinajstić information content (AvgIpc) is 2.75. The molecular weight excluding hydrogens is 236 g/mol. The normalized spacial score (nSPS) is 22.8. The Morgan fingerprint density at radius 3 is 2.76 bits per heavy atom. The van der Waals surface area contributed by atoms with E-state index in [4.69, 9.17) is 9.47 Å². The van der Waals surface area contributed by atoms with Crippen LogP contribution in [0.3, 0.4) is 0 Å². The van der Waals surface area contributed by atoms with Crippen LogP contribution in [0.25, 0.3) is 0 Å². The summed E-state index contributed by atoms with van der Waals surface area (Å²) in [6, 6.07) is 5.91. The smallest absolute Gasteiger partial charge is 0.162 e. The van der Waals surface area contributed by atoms with Gasteiger partial charge in [0.05, 0.1) is 5.25 Å². The standard InChI is InChI=1S/C13H14O3S/c14-10-2-1-3-13(10)17-9-4-5-11-12(8-9)16-7-6-15-11/h4-5,8,13H,1-3,6-7H2. The van der Waals surface area contributed by atoms with Gasteiger partial charge in [-0.3, -0.25) is 4.79 Å². The Balaban J connectivity index is 1.77. The fourth-order valence-electron chi connectivity index (χ4n) is 2.17. The van der Waals surface area contributed by atoms with Crippen LogP contribution >= 0.6 is 11.8 Å². The Labute approximate surface area is 104 Å². The molecule has 3 nitrogen and oxygen atoms in total. The summed E-state index contributed by atoms with van der Waals surface area (Å²) < 4.78 is 11.0. The summed E-state index contributed by atoms with van der Waals surface area (Å²) in [5.74, 6) is 1.98. The van der Waals surface area contributed by atoms with E-state index < -0.39 is 0 Å². The Hall–Kier alpha value is -1.16. The third-order valence-corrected chi connectivity index (χ3v) is 4.35. The minimum absolute atomic E-state index is 0.137. The summed E-state index contributed by atoms with van der Waals surface area (Å²) in [6.45, 7) is 1.21. The number of hydrogen-bond acceptors (Lipinski definition) is 4. The highest BCUT2D eigenvalue weighted by molar-refractivity contribution is 8.00. The van der Waals surface area contributed by atoms with Gasteiger partial charge >= 0.3 is 0 Å². The van der Waals surface area contributed by atoms with Gasteiger partial charge in [-0.25, -0.2) is 0 Å². The second kappa shape index (κ2) is 4.61. The first kappa shape index (κ1) is 11.0. The van der Waals surface area contributed by atoms with E-state index in [1.807, 2.05) is 18.2 Å². The highest BCUT2D eigenvalue weighted by atomic mass is 32.2. The number of thioether (sulfide) groups is 1. The molecule has 1 aliphatic carbocycles. The molecule has 0 bridgehead atoms. The van der Waals surface area contributed by atoms with Gasteiger partial charge in [0.25, 0.3) is 0 Å². The summed E-state index contributed by atoms with van der Waals surface area (Å²) in [7, 11) is 0. The number of rotatable bonds is 2. The summed E-state index contributed by atoms with van der Waals surface area (Å²) in [5.41, 5.74) is 0. The number of ketones is 1. The highest BCUT2D eigenvalue weighted by Gasteiger charge is 2.25. The van der Waals surface area contributed by atoms with Gasteiger partial charge in [0.15, 0.2) is 11.5 Å². The SMILES string of the molecule is O=C1CCCC1Sc1ccc2c(c1)OCCO2. The lowest BCUT2D eigenvalue weighted by Crippen LogP contribution is -2.15. The minimum Gasteiger partial charge on any atom is -0.486 e. The van der Waals surface area contributed by atoms with E-state index in [9.17, 15) is 4.79 Å². The molecule has 90 valence electrons. The van der Waals surface area contributed by atoms with Crippen LogP contribution in [0, 0.1) is 0 Å². The van der Waals surface area contributed by atoms with Crippen LogP contribution in [0.5, 0.6) is 11.5 Å². The highest BCUT2D eigenvalue weighted by Crippen LogP contribution is 2.38. The fraction of sp³-hybridized carbons (Fsp3) is 0.462. The molecule has 2 aliphatic rings. The molecule has 3 rings (SSSR count). The van der Waals surface area contributed by atoms with Crippen molar-refractivity contribution in [1.82, 2.24) is 0 Å². The molecule has 0 N–H and O–H groups in total. The van der Waals surface area contributed by atoms with Gasteiger partial charge in [-0.15, -0.1) is 11.8 Å². The van der Waals surface area contributed by atoms with Gasteiger partial charge in [0, 0.05) is 11.3 Å². The molecule has 1 aromatic carbocycles. The third kappa shape index (κ3) is 2.27. The quantitative estimate of drug-likeness (QED) is 0.808. The maximum atomic E-state index is 11.6. The summed E-state index contributed by atoms with van der Waals surface area (Å²) in [5, 5.41) is 0.137. The lowest BCUT2D eigenvalue weighted by atomic mass is 10.3. The first-order chi connectivity index (χ1) is 8.33. The number of carbonyl (C=O) groups excluding carboxylic acids is 1. The molecule has 1 atom stereocenters. The number of ether oxygens (including phenoxy) is 2. The lowest BCUT2D eigenvalue weighted by molar-refractivity contribution is -0.116. The molecule has 1 saturated carbocycles. The number of hydrogen-bond donors (Lipinski definition) is 0. The van der Waals surface area contributed by atoms with E-state index in [1.165, 1.54) is 0 Å². The molecule has 0 aromatic heterocycles. The van der Waals surface area contributed by atoms with E-state index in [0.717, 1.165) is 35.7 Å². The van der Waals surface area contributed by atoms with Crippen LogP contribution in [-0.2, 0) is 4.79 Å². The number of benzene rings is 1. The lowest BCUT2D eigenvalue weighted by Gasteiger charge is -2.19. The van der Waals surface area contributed by atoms with Crippen molar-refractivity contribution >= 4 is 17.5 Å². The van der Waals surface area contributed by atoms with E-state index in [-0.39, 0.29) is 5.25 Å². The summed E-state index contributed by atoms with van der Waals surface area (Å²) >= 11 is 1.65. The number of fused-ring (bicyclic) bond motifs is 1. The van der Waals surface area contributed by atoms with Crippen molar-refractivity contribution < 1.29 is 14.3 Å². The zero-order valence-corrected chi connectivity index (χ0v) is 10.3. The number of carbonyl (C=O) groups is 1. The van der Waals surface area contributed by atoms with Gasteiger partial charge in [0.1, 0.15) is 19.0 Å². The summed E-state index contributed by atoms with van der Waals surface area (Å²) in [4.78, 5) is 12.7. The van der Waals surface area contributed by atoms with E-state index in [0.29, 0.717) is 19.0 Å². The Bertz CT molecular complexity index is 444. The second-order valence-corrected chi connectivity index (χ2v) is 5.55. The topological polar surface area (TPSA) is 35.5 Å². The van der Waals surface area contributed by atoms with Crippen LogP contribution in [0.15, 0.2) is 23.1 Å². The van der Waals surface area contributed by atoms with Crippen LogP contribution in [-0.4, -0.2) is 24.2 Å². The number of Topliss-reactive ketones (excluding diaryl/α,β-unsaturated/α-hetero) is 1. The van der Waals surface area contributed by atoms with Gasteiger partial charge in [-0.05, 0) is 31.0 Å². The molecule has 4 heteroatoms. The zero-order valence-electron chi connectivity index (χ0n) is 9.48. The molecule has 1 heterocycles. The molecule has 0 radical (unpaired) electrons. The van der Waals surface area contributed by atoms with E-state index in [1.54, 1.807) is 11.8 Å². The maximum absolute atomic E-state index is 11.6. The molecule has 0 spiro atoms. The van der Waals surface area contributed by atoms with Gasteiger partial charge < -0.3 is 9.47 Å². The van der Waals surface area contributed by atoms with Crippen molar-refractivity contribution in [2.24, 2.45) is 0 Å². The molecule has 0 saturated heterocycles. The van der Waals surface area contributed by atoms with Crippen LogP contribution < -0.4 is 9.47 Å².